The monoisotopic (exact) mass is 646 g/mol. The Morgan fingerprint density at radius 3 is 0.833 bits per heavy atom. The summed E-state index contributed by atoms with van der Waals surface area (Å²) >= 11 is 0. The van der Waals surface area contributed by atoms with Gasteiger partial charge in [0.2, 0.25) is 11.8 Å². The number of carbonyl (C=O) groups is 6. The van der Waals surface area contributed by atoms with Crippen LogP contribution < -0.4 is 10.9 Å². The number of nitrogens with zero attached hydrogens (tertiary/aromatic N) is 2. The molecule has 0 heterocycles. The third kappa shape index (κ3) is 10.3. The van der Waals surface area contributed by atoms with Crippen molar-refractivity contribution in [1.29, 1.82) is 0 Å². The average Bonchev–Trinajstić information content (AvgIpc) is 3.14. The fraction of sp³-hybridized carbons (Fsp3) is 0.211. The van der Waals surface area contributed by atoms with Gasteiger partial charge in [-0.05, 0) is 61.4 Å². The quantitative estimate of drug-likeness (QED) is 0.102. The van der Waals surface area contributed by atoms with Crippen LogP contribution in [0.5, 0.6) is 0 Å². The van der Waals surface area contributed by atoms with Crippen LogP contribution >= 0.6 is 0 Å². The summed E-state index contributed by atoms with van der Waals surface area (Å²) in [6.07, 6.45) is 4.47. The number of unbranched alkanes of at least 4 members (excludes halogenated alkanes) is 5. The molecular weight excluding hydrogens is 608 g/mol. The summed E-state index contributed by atoms with van der Waals surface area (Å²) in [6.45, 7) is 0. The van der Waals surface area contributed by atoms with Gasteiger partial charge in [-0.2, -0.15) is 10.0 Å². The third-order valence-electron chi connectivity index (χ3n) is 7.43. The highest BCUT2D eigenvalue weighted by atomic mass is 16.2. The molecule has 0 saturated heterocycles. The van der Waals surface area contributed by atoms with Crippen LogP contribution in [0.2, 0.25) is 0 Å². The Kier molecular flexibility index (Phi) is 13.3. The van der Waals surface area contributed by atoms with Crippen LogP contribution in [-0.4, -0.2) is 45.5 Å². The predicted octanol–water partition coefficient (Wildman–Crippen LogP) is 6.14. The second-order valence-corrected chi connectivity index (χ2v) is 11.0. The Bertz CT molecular complexity index is 1450. The highest BCUT2D eigenvalue weighted by Crippen LogP contribution is 2.13. The summed E-state index contributed by atoms with van der Waals surface area (Å²) in [6, 6.07) is 33.1. The van der Waals surface area contributed by atoms with Gasteiger partial charge in [0, 0.05) is 35.1 Å². The molecule has 0 aliphatic rings. The maximum atomic E-state index is 13.1. The molecule has 2 N–H and O–H groups in total. The average molecular weight is 647 g/mol. The number of imide groups is 2. The van der Waals surface area contributed by atoms with Gasteiger partial charge >= 0.3 is 0 Å². The van der Waals surface area contributed by atoms with Crippen LogP contribution in [-0.2, 0) is 9.59 Å². The van der Waals surface area contributed by atoms with Crippen molar-refractivity contribution >= 4 is 35.4 Å². The van der Waals surface area contributed by atoms with E-state index in [1.807, 2.05) is 0 Å². The van der Waals surface area contributed by atoms with Crippen LogP contribution in [0.3, 0.4) is 0 Å². The standard InChI is InChI=1S/C38H38N4O6/c43-33(39-41(35(45)29-19-9-5-10-20-29)36(46)30-21-11-6-12-22-30)27-17-3-1-2-4-18-28-34(44)40-42(37(47)31-23-13-7-14-24-31)38(48)32-25-15-8-16-26-32/h5-16,19-26H,1-4,17-18,27-28H2,(H,39,43)(H,40,44). The van der Waals surface area contributed by atoms with Crippen molar-refractivity contribution in [1.82, 2.24) is 20.9 Å². The molecule has 0 fully saturated rings. The van der Waals surface area contributed by atoms with E-state index in [1.54, 1.807) is 121 Å². The second kappa shape index (κ2) is 18.3. The van der Waals surface area contributed by atoms with Crippen molar-refractivity contribution in [3.63, 3.8) is 0 Å². The van der Waals surface area contributed by atoms with Crippen molar-refractivity contribution in [2.45, 2.75) is 51.4 Å². The molecule has 0 atom stereocenters. The first-order valence-electron chi connectivity index (χ1n) is 15.9. The number of carbonyl (C=O) groups excluding carboxylic acids is 6. The molecule has 4 rings (SSSR count). The van der Waals surface area contributed by atoms with E-state index in [0.29, 0.717) is 12.8 Å². The smallest absolute Gasteiger partial charge is 0.273 e. The zero-order valence-corrected chi connectivity index (χ0v) is 26.5. The first kappa shape index (κ1) is 35.0. The largest absolute Gasteiger partial charge is 0.279 e. The van der Waals surface area contributed by atoms with Gasteiger partial charge in [0.05, 0.1) is 0 Å². The van der Waals surface area contributed by atoms with E-state index < -0.39 is 35.4 Å². The Morgan fingerprint density at radius 2 is 0.583 bits per heavy atom. The van der Waals surface area contributed by atoms with Crippen molar-refractivity contribution < 1.29 is 28.8 Å². The van der Waals surface area contributed by atoms with Gasteiger partial charge in [0.25, 0.3) is 23.6 Å². The lowest BCUT2D eigenvalue weighted by Crippen LogP contribution is -2.49. The van der Waals surface area contributed by atoms with Crippen LogP contribution in [0.25, 0.3) is 0 Å². The summed E-state index contributed by atoms with van der Waals surface area (Å²) in [5.41, 5.74) is 6.07. The van der Waals surface area contributed by atoms with E-state index in [2.05, 4.69) is 10.9 Å². The fourth-order valence-corrected chi connectivity index (χ4v) is 4.87. The SMILES string of the molecule is O=C(CCCCCCCCC(=O)NN(C(=O)c1ccccc1)C(=O)c1ccccc1)NN(C(=O)c1ccccc1)C(=O)c1ccccc1. The molecular formula is C38H38N4O6. The molecule has 6 amide bonds. The molecule has 4 aromatic rings. The van der Waals surface area contributed by atoms with E-state index in [0.717, 1.165) is 35.7 Å². The summed E-state index contributed by atoms with van der Waals surface area (Å²) in [5, 5.41) is 1.53. The topological polar surface area (TPSA) is 133 Å². The van der Waals surface area contributed by atoms with Crippen molar-refractivity contribution in [3.8, 4) is 0 Å². The molecule has 0 unspecified atom stereocenters. The van der Waals surface area contributed by atoms with E-state index >= 15 is 0 Å². The molecule has 0 radical (unpaired) electrons. The minimum absolute atomic E-state index is 0.129. The third-order valence-corrected chi connectivity index (χ3v) is 7.43. The highest BCUT2D eigenvalue weighted by molar-refractivity contribution is 6.12. The second-order valence-electron chi connectivity index (χ2n) is 11.0. The number of benzene rings is 4. The van der Waals surface area contributed by atoms with E-state index in [1.165, 1.54) is 0 Å². The molecule has 0 bridgehead atoms. The van der Waals surface area contributed by atoms with Gasteiger partial charge < -0.3 is 0 Å². The molecule has 0 saturated carbocycles. The Hall–Kier alpha value is -5.90. The van der Waals surface area contributed by atoms with Gasteiger partial charge in [0.1, 0.15) is 0 Å². The summed E-state index contributed by atoms with van der Waals surface area (Å²) in [4.78, 5) is 77.9. The van der Waals surface area contributed by atoms with Crippen molar-refractivity contribution in [3.05, 3.63) is 144 Å². The molecule has 0 aromatic heterocycles. The molecule has 246 valence electrons. The maximum Gasteiger partial charge on any atom is 0.279 e. The van der Waals surface area contributed by atoms with Crippen LogP contribution in [0, 0.1) is 0 Å². The minimum atomic E-state index is -0.626. The van der Waals surface area contributed by atoms with E-state index in [4.69, 9.17) is 0 Å². The lowest BCUT2D eigenvalue weighted by molar-refractivity contribution is -0.125. The number of hydrogen-bond donors (Lipinski definition) is 2. The molecule has 10 heteroatoms. The lowest BCUT2D eigenvalue weighted by Gasteiger charge is -2.22. The van der Waals surface area contributed by atoms with Crippen molar-refractivity contribution in [2.24, 2.45) is 0 Å². The number of rotatable bonds is 13. The number of hydrazine groups is 2. The number of amides is 6. The molecule has 0 aliphatic heterocycles. The minimum Gasteiger partial charge on any atom is -0.273 e. The lowest BCUT2D eigenvalue weighted by atomic mass is 10.1. The van der Waals surface area contributed by atoms with Gasteiger partial charge in [-0.25, -0.2) is 0 Å². The van der Waals surface area contributed by atoms with Crippen LogP contribution in [0.4, 0.5) is 0 Å². The first-order valence-corrected chi connectivity index (χ1v) is 15.9. The molecule has 4 aromatic carbocycles. The Morgan fingerprint density at radius 1 is 0.354 bits per heavy atom. The summed E-state index contributed by atoms with van der Waals surface area (Å²) in [7, 11) is 0. The molecule has 0 spiro atoms. The van der Waals surface area contributed by atoms with Gasteiger partial charge in [-0.15, -0.1) is 0 Å². The zero-order valence-electron chi connectivity index (χ0n) is 26.5. The Balaban J connectivity index is 1.19. The predicted molar refractivity (Wildman–Crippen MR) is 180 cm³/mol. The number of hydrogen-bond acceptors (Lipinski definition) is 6. The van der Waals surface area contributed by atoms with Gasteiger partial charge in [-0.1, -0.05) is 98.5 Å². The molecule has 0 aliphatic carbocycles. The zero-order chi connectivity index (χ0) is 34.1. The normalized spacial score (nSPS) is 10.4. The molecule has 48 heavy (non-hydrogen) atoms. The van der Waals surface area contributed by atoms with Crippen LogP contribution in [0.1, 0.15) is 92.8 Å². The maximum absolute atomic E-state index is 13.1. The number of nitrogens with one attached hydrogen (secondary N) is 2. The first-order chi connectivity index (χ1) is 23.3. The summed E-state index contributed by atoms with van der Waals surface area (Å²) in [5.74, 6) is -3.39. The summed E-state index contributed by atoms with van der Waals surface area (Å²) < 4.78 is 0. The van der Waals surface area contributed by atoms with Crippen LogP contribution in [0.15, 0.2) is 121 Å². The fourth-order valence-electron chi connectivity index (χ4n) is 4.87. The molecule has 10 nitrogen and oxygen atoms in total. The van der Waals surface area contributed by atoms with Crippen molar-refractivity contribution in [2.75, 3.05) is 0 Å². The Labute approximate surface area is 279 Å². The van der Waals surface area contributed by atoms with Gasteiger partial charge in [0.15, 0.2) is 0 Å². The van der Waals surface area contributed by atoms with E-state index in [-0.39, 0.29) is 35.1 Å². The van der Waals surface area contributed by atoms with E-state index in [9.17, 15) is 28.8 Å². The van der Waals surface area contributed by atoms with Gasteiger partial charge in [-0.3, -0.25) is 39.6 Å². The highest BCUT2D eigenvalue weighted by Gasteiger charge is 2.27.